The lowest BCUT2D eigenvalue weighted by atomic mass is 10.1. The van der Waals surface area contributed by atoms with Crippen LogP contribution in [0.15, 0.2) is 42.8 Å². The molecule has 1 saturated heterocycles. The summed E-state index contributed by atoms with van der Waals surface area (Å²) in [5, 5.41) is 22.3. The fourth-order valence-corrected chi connectivity index (χ4v) is 4.67. The number of unbranched alkanes of at least 4 members (excludes halogenated alkanes) is 1. The largest absolute Gasteiger partial charge is 0.488 e. The number of ether oxygens (including phenoxy) is 1. The number of aromatic amines is 1. The maximum atomic E-state index is 13.3. The number of H-pyrrole nitrogens is 1. The summed E-state index contributed by atoms with van der Waals surface area (Å²) in [6, 6.07) is 4.01. The van der Waals surface area contributed by atoms with Crippen LogP contribution in [-0.4, -0.2) is 69.9 Å². The van der Waals surface area contributed by atoms with Gasteiger partial charge < -0.3 is 30.6 Å². The second-order valence-electron chi connectivity index (χ2n) is 9.82. The first kappa shape index (κ1) is 26.7. The molecule has 0 aliphatic carbocycles. The van der Waals surface area contributed by atoms with Gasteiger partial charge in [0.2, 0.25) is 5.72 Å². The number of benzene rings is 1. The number of aryl methyl sites for hydroxylation is 1. The normalized spacial score (nSPS) is 20.9. The molecule has 4 aromatic rings. The molecule has 1 aliphatic rings. The molecule has 0 radical (unpaired) electrons. The van der Waals surface area contributed by atoms with Gasteiger partial charge in [0.05, 0.1) is 17.4 Å². The van der Waals surface area contributed by atoms with Crippen LogP contribution in [0.5, 0.6) is 0 Å². The van der Waals surface area contributed by atoms with Crippen LogP contribution in [0.3, 0.4) is 0 Å². The first-order valence-corrected chi connectivity index (χ1v) is 12.5. The number of alkyl halides is 3. The molecular formula is C25H29F3N8O3. The topological polar surface area (TPSA) is 151 Å². The molecule has 208 valence electrons. The number of hydrogen-bond donors (Lipinski definition) is 4. The van der Waals surface area contributed by atoms with Gasteiger partial charge in [0.25, 0.3) is 0 Å². The van der Waals surface area contributed by atoms with Gasteiger partial charge in [-0.3, -0.25) is 4.57 Å². The molecular weight excluding hydrogens is 517 g/mol. The number of anilines is 1. The number of nitrogens with one attached hydrogen (secondary N) is 1. The third-order valence-corrected chi connectivity index (χ3v) is 6.84. The van der Waals surface area contributed by atoms with E-state index in [1.807, 2.05) is 18.7 Å². The second-order valence-corrected chi connectivity index (χ2v) is 9.82. The Balaban J connectivity index is 1.25. The van der Waals surface area contributed by atoms with Gasteiger partial charge in [-0.2, -0.15) is 13.2 Å². The summed E-state index contributed by atoms with van der Waals surface area (Å²) in [4.78, 5) is 21.3. The number of imidazole rings is 2. The Bertz CT molecular complexity index is 1520. The Morgan fingerprint density at radius 1 is 1.26 bits per heavy atom. The zero-order valence-corrected chi connectivity index (χ0v) is 21.4. The Labute approximate surface area is 221 Å². The first-order chi connectivity index (χ1) is 18.5. The third-order valence-electron chi connectivity index (χ3n) is 6.84. The van der Waals surface area contributed by atoms with E-state index in [2.05, 4.69) is 24.9 Å². The van der Waals surface area contributed by atoms with Crippen molar-refractivity contribution in [1.29, 1.82) is 0 Å². The number of nitrogens with two attached hydrogens (primary N) is 1. The second kappa shape index (κ2) is 10.0. The Morgan fingerprint density at radius 2 is 2.05 bits per heavy atom. The van der Waals surface area contributed by atoms with Crippen molar-refractivity contribution in [2.24, 2.45) is 0 Å². The van der Waals surface area contributed by atoms with Gasteiger partial charge in [-0.1, -0.05) is 6.07 Å². The number of nitrogens with zero attached hydrogens (tertiary/aromatic N) is 6. The number of aliphatic hydroxyl groups is 2. The average molecular weight is 547 g/mol. The predicted octanol–water partition coefficient (Wildman–Crippen LogP) is 2.91. The molecule has 14 heteroatoms. The minimum absolute atomic E-state index is 0.0455. The van der Waals surface area contributed by atoms with E-state index in [4.69, 9.17) is 10.5 Å². The maximum Gasteiger partial charge on any atom is 0.418 e. The van der Waals surface area contributed by atoms with Crippen LogP contribution in [0.25, 0.3) is 22.2 Å². The SMILES string of the molecule is CC(C)N(C=C1OCC(O)(n2cnc3c(N)ncnc32)C1O)CCCCc1nc2c(C(F)(F)F)cccc2[nH]1. The molecule has 0 saturated carbocycles. The van der Waals surface area contributed by atoms with Crippen LogP contribution >= 0.6 is 0 Å². The molecule has 1 aromatic carbocycles. The van der Waals surface area contributed by atoms with Crippen molar-refractivity contribution in [2.75, 3.05) is 18.9 Å². The van der Waals surface area contributed by atoms with E-state index in [1.165, 1.54) is 23.3 Å². The summed E-state index contributed by atoms with van der Waals surface area (Å²) in [5.41, 5.74) is 4.09. The fraction of sp³-hybridized carbons (Fsp3) is 0.440. The van der Waals surface area contributed by atoms with Crippen molar-refractivity contribution in [3.63, 3.8) is 0 Å². The molecule has 5 N–H and O–H groups in total. The quantitative estimate of drug-likeness (QED) is 0.245. The number of fused-ring (bicyclic) bond motifs is 2. The summed E-state index contributed by atoms with van der Waals surface area (Å²) in [7, 11) is 0. The maximum absolute atomic E-state index is 13.3. The van der Waals surface area contributed by atoms with Crippen molar-refractivity contribution in [2.45, 2.75) is 57.2 Å². The molecule has 3 aromatic heterocycles. The van der Waals surface area contributed by atoms with Gasteiger partial charge in [0, 0.05) is 25.2 Å². The van der Waals surface area contributed by atoms with Gasteiger partial charge in [-0.25, -0.2) is 19.9 Å². The highest BCUT2D eigenvalue weighted by Crippen LogP contribution is 2.35. The molecule has 11 nitrogen and oxygen atoms in total. The highest BCUT2D eigenvalue weighted by Gasteiger charge is 2.49. The summed E-state index contributed by atoms with van der Waals surface area (Å²) in [5.74, 6) is 0.834. The fourth-order valence-electron chi connectivity index (χ4n) is 4.67. The lowest BCUT2D eigenvalue weighted by molar-refractivity contribution is -0.136. The number of hydrogen-bond acceptors (Lipinski definition) is 9. The highest BCUT2D eigenvalue weighted by atomic mass is 19.4. The molecule has 5 rings (SSSR count). The van der Waals surface area contributed by atoms with Crippen LogP contribution in [0, 0.1) is 0 Å². The number of aromatic nitrogens is 6. The van der Waals surface area contributed by atoms with Crippen LogP contribution < -0.4 is 5.73 Å². The van der Waals surface area contributed by atoms with Gasteiger partial charge in [-0.05, 0) is 38.8 Å². The van der Waals surface area contributed by atoms with E-state index in [1.54, 1.807) is 12.3 Å². The number of nitrogen functional groups attached to an aromatic ring is 1. The lowest BCUT2D eigenvalue weighted by Crippen LogP contribution is -2.43. The summed E-state index contributed by atoms with van der Waals surface area (Å²) < 4.78 is 46.9. The molecule has 39 heavy (non-hydrogen) atoms. The Hall–Kier alpha value is -3.91. The predicted molar refractivity (Wildman–Crippen MR) is 136 cm³/mol. The number of aliphatic hydroxyl groups excluding tert-OH is 1. The third kappa shape index (κ3) is 4.96. The van der Waals surface area contributed by atoms with Gasteiger partial charge >= 0.3 is 6.18 Å². The smallest absolute Gasteiger partial charge is 0.418 e. The Kier molecular flexibility index (Phi) is 6.84. The van der Waals surface area contributed by atoms with Gasteiger partial charge in [-0.15, -0.1) is 0 Å². The first-order valence-electron chi connectivity index (χ1n) is 12.5. The summed E-state index contributed by atoms with van der Waals surface area (Å²) >= 11 is 0. The monoisotopic (exact) mass is 546 g/mol. The highest BCUT2D eigenvalue weighted by molar-refractivity contribution is 5.81. The van der Waals surface area contributed by atoms with E-state index in [0.717, 1.165) is 6.07 Å². The molecule has 2 atom stereocenters. The summed E-state index contributed by atoms with van der Waals surface area (Å²) in [6.45, 7) is 4.31. The van der Waals surface area contributed by atoms with Crippen LogP contribution in [0.4, 0.5) is 19.0 Å². The van der Waals surface area contributed by atoms with E-state index in [0.29, 0.717) is 42.7 Å². The average Bonchev–Trinajstić information content (AvgIpc) is 3.57. The molecule has 0 bridgehead atoms. The van der Waals surface area contributed by atoms with Crippen molar-refractivity contribution >= 4 is 28.0 Å². The van der Waals surface area contributed by atoms with Crippen molar-refractivity contribution in [1.82, 2.24) is 34.4 Å². The van der Waals surface area contributed by atoms with E-state index >= 15 is 0 Å². The number of halogens is 3. The molecule has 2 unspecified atom stereocenters. The molecule has 1 fully saturated rings. The zero-order chi connectivity index (χ0) is 27.9. The number of para-hydroxylation sites is 1. The molecule has 0 spiro atoms. The standard InChI is InChI=1S/C25H29F3N8O3/c1-14(2)35(9-4-3-8-18-33-16-7-5-6-15(19(16)34-18)25(26,27)28)10-17-21(37)24(38,11-39-17)36-13-32-20-22(29)30-12-31-23(20)36/h5-7,10,12-14,21,37-38H,3-4,8-9,11H2,1-2H3,(H,33,34)(H2,29,30,31). The van der Waals surface area contributed by atoms with Crippen molar-refractivity contribution in [3.05, 3.63) is 54.2 Å². The lowest BCUT2D eigenvalue weighted by Gasteiger charge is -2.27. The van der Waals surface area contributed by atoms with Crippen LogP contribution in [0.1, 0.15) is 38.1 Å². The van der Waals surface area contributed by atoms with Crippen molar-refractivity contribution in [3.8, 4) is 0 Å². The van der Waals surface area contributed by atoms with Gasteiger partial charge in [0.1, 0.15) is 35.6 Å². The minimum atomic E-state index is -4.47. The summed E-state index contributed by atoms with van der Waals surface area (Å²) in [6.07, 6.45) is 0.240. The molecule has 4 heterocycles. The van der Waals surface area contributed by atoms with Gasteiger partial charge in [0.15, 0.2) is 17.6 Å². The van der Waals surface area contributed by atoms with Crippen LogP contribution in [-0.2, 0) is 23.1 Å². The van der Waals surface area contributed by atoms with E-state index in [-0.39, 0.29) is 35.4 Å². The van der Waals surface area contributed by atoms with Crippen molar-refractivity contribution < 1.29 is 28.1 Å². The van der Waals surface area contributed by atoms with Crippen LogP contribution in [0.2, 0.25) is 0 Å². The van der Waals surface area contributed by atoms with E-state index in [9.17, 15) is 23.4 Å². The zero-order valence-electron chi connectivity index (χ0n) is 21.4. The number of rotatable bonds is 8. The molecule has 1 aliphatic heterocycles. The minimum Gasteiger partial charge on any atom is -0.488 e. The Morgan fingerprint density at radius 3 is 2.79 bits per heavy atom. The van der Waals surface area contributed by atoms with E-state index < -0.39 is 23.6 Å². The molecule has 0 amide bonds.